The summed E-state index contributed by atoms with van der Waals surface area (Å²) in [7, 11) is 1.68. The van der Waals surface area contributed by atoms with Crippen LogP contribution in [0.3, 0.4) is 0 Å². The number of rotatable bonds is 3. The van der Waals surface area contributed by atoms with Crippen molar-refractivity contribution in [2.75, 3.05) is 7.05 Å². The molecule has 17 heavy (non-hydrogen) atoms. The van der Waals surface area contributed by atoms with E-state index in [1.54, 1.807) is 13.3 Å². The fourth-order valence-corrected chi connectivity index (χ4v) is 2.20. The summed E-state index contributed by atoms with van der Waals surface area (Å²) in [5.41, 5.74) is 8.26. The van der Waals surface area contributed by atoms with Gasteiger partial charge in [0.25, 0.3) is 0 Å². The van der Waals surface area contributed by atoms with Gasteiger partial charge in [-0.25, -0.2) is 4.79 Å². The van der Waals surface area contributed by atoms with E-state index in [2.05, 4.69) is 15.2 Å². The molecule has 1 aliphatic rings. The molecule has 1 unspecified atom stereocenters. The van der Waals surface area contributed by atoms with Crippen molar-refractivity contribution >= 4 is 12.2 Å². The van der Waals surface area contributed by atoms with E-state index >= 15 is 0 Å². The zero-order chi connectivity index (χ0) is 12.4. The van der Waals surface area contributed by atoms with Crippen LogP contribution in [0.1, 0.15) is 21.7 Å². The lowest BCUT2D eigenvalue weighted by Crippen LogP contribution is -2.10. The van der Waals surface area contributed by atoms with Crippen LogP contribution in [-0.2, 0) is 12.8 Å². The Labute approximate surface area is 98.2 Å². The number of carboxylic acid groups (broad SMARTS) is 1. The lowest BCUT2D eigenvalue weighted by Gasteiger charge is -2.09. The second-order valence-corrected chi connectivity index (χ2v) is 3.99. The highest BCUT2D eigenvalue weighted by molar-refractivity contribution is 5.88. The fraction of sp³-hybridized carbons (Fsp3) is 0.364. The number of carbonyl (C=O) groups is 1. The summed E-state index contributed by atoms with van der Waals surface area (Å²) in [6.45, 7) is 0. The molecule has 0 radical (unpaired) electrons. The van der Waals surface area contributed by atoms with Gasteiger partial charge < -0.3 is 10.8 Å². The molecule has 0 bridgehead atoms. The minimum Gasteiger partial charge on any atom is -0.476 e. The van der Waals surface area contributed by atoms with E-state index in [9.17, 15) is 4.79 Å². The quantitative estimate of drug-likeness (QED) is 0.657. The van der Waals surface area contributed by atoms with E-state index in [0.29, 0.717) is 6.42 Å². The highest BCUT2D eigenvalue weighted by atomic mass is 16.4. The van der Waals surface area contributed by atoms with Gasteiger partial charge in [0.2, 0.25) is 0 Å². The van der Waals surface area contributed by atoms with Crippen molar-refractivity contribution in [3.63, 3.8) is 0 Å². The van der Waals surface area contributed by atoms with Gasteiger partial charge in [-0.05, 0) is 30.5 Å². The Balaban J connectivity index is 2.25. The molecule has 1 aliphatic carbocycles. The van der Waals surface area contributed by atoms with E-state index in [1.165, 1.54) is 6.20 Å². The number of aliphatic imine (C=N–C) groups is 1. The zero-order valence-corrected chi connectivity index (χ0v) is 9.47. The number of H-pyrrole nitrogens is 1. The minimum atomic E-state index is -0.995. The average molecular weight is 234 g/mol. The van der Waals surface area contributed by atoms with Crippen LogP contribution in [-0.4, -0.2) is 34.5 Å². The number of allylic oxidation sites excluding steroid dienone is 1. The lowest BCUT2D eigenvalue weighted by atomic mass is 9.97. The Morgan fingerprint density at radius 3 is 3.00 bits per heavy atom. The number of nitrogens with zero attached hydrogens (tertiary/aromatic N) is 2. The molecule has 1 aromatic rings. The third kappa shape index (κ3) is 1.93. The Morgan fingerprint density at radius 1 is 1.65 bits per heavy atom. The van der Waals surface area contributed by atoms with Crippen molar-refractivity contribution in [3.05, 3.63) is 28.7 Å². The van der Waals surface area contributed by atoms with Gasteiger partial charge in [0, 0.05) is 24.5 Å². The molecule has 1 aromatic heterocycles. The molecule has 2 rings (SSSR count). The van der Waals surface area contributed by atoms with Crippen molar-refractivity contribution < 1.29 is 9.90 Å². The standard InChI is InChI=1S/C11H14N4O2/c1-13-5-7(4-12)6-2-8-9(3-6)14-15-10(8)11(16)17/h4-6H,2-3,12H2,1H3,(H,14,15)(H,16,17)/b7-4+,13-5?. The summed E-state index contributed by atoms with van der Waals surface area (Å²) < 4.78 is 0. The Bertz CT molecular complexity index is 502. The second-order valence-electron chi connectivity index (χ2n) is 3.99. The SMILES string of the molecule is CN=C/C(=C\N)C1Cc2[nH]nc(C(=O)O)c2C1. The maximum atomic E-state index is 10.9. The van der Waals surface area contributed by atoms with Crippen LogP contribution < -0.4 is 5.73 Å². The number of carboxylic acids is 1. The molecule has 6 nitrogen and oxygen atoms in total. The first kappa shape index (κ1) is 11.4. The number of nitrogens with two attached hydrogens (primary N) is 1. The summed E-state index contributed by atoms with van der Waals surface area (Å²) in [5, 5.41) is 15.5. The van der Waals surface area contributed by atoms with Crippen molar-refractivity contribution in [3.8, 4) is 0 Å². The van der Waals surface area contributed by atoms with Gasteiger partial charge in [-0.1, -0.05) is 0 Å². The van der Waals surface area contributed by atoms with E-state index < -0.39 is 5.97 Å². The van der Waals surface area contributed by atoms with E-state index in [0.717, 1.165) is 23.3 Å². The first-order chi connectivity index (χ1) is 8.17. The molecule has 1 atom stereocenters. The number of fused-ring (bicyclic) bond motifs is 1. The lowest BCUT2D eigenvalue weighted by molar-refractivity contribution is 0.0689. The van der Waals surface area contributed by atoms with Crippen LogP contribution in [0, 0.1) is 5.92 Å². The van der Waals surface area contributed by atoms with Crippen molar-refractivity contribution in [2.45, 2.75) is 12.8 Å². The predicted octanol–water partition coefficient (Wildman–Crippen LogP) is 0.366. The number of aromatic carboxylic acids is 1. The zero-order valence-electron chi connectivity index (χ0n) is 9.47. The van der Waals surface area contributed by atoms with Crippen LogP contribution in [0.4, 0.5) is 0 Å². The van der Waals surface area contributed by atoms with Gasteiger partial charge >= 0.3 is 5.97 Å². The average Bonchev–Trinajstić information content (AvgIpc) is 2.84. The molecular weight excluding hydrogens is 220 g/mol. The molecular formula is C11H14N4O2. The van der Waals surface area contributed by atoms with Crippen molar-refractivity contribution in [1.29, 1.82) is 0 Å². The fourth-order valence-electron chi connectivity index (χ4n) is 2.20. The van der Waals surface area contributed by atoms with Gasteiger partial charge in [-0.15, -0.1) is 0 Å². The summed E-state index contributed by atoms with van der Waals surface area (Å²) >= 11 is 0. The van der Waals surface area contributed by atoms with Crippen molar-refractivity contribution in [1.82, 2.24) is 10.2 Å². The molecule has 0 aromatic carbocycles. The topological polar surface area (TPSA) is 104 Å². The van der Waals surface area contributed by atoms with Gasteiger partial charge in [0.1, 0.15) is 0 Å². The maximum absolute atomic E-state index is 10.9. The molecule has 0 amide bonds. The van der Waals surface area contributed by atoms with Crippen LogP contribution >= 0.6 is 0 Å². The summed E-state index contributed by atoms with van der Waals surface area (Å²) in [4.78, 5) is 14.9. The number of hydrogen-bond donors (Lipinski definition) is 3. The number of nitrogens with one attached hydrogen (secondary N) is 1. The molecule has 0 spiro atoms. The van der Waals surface area contributed by atoms with Crippen LogP contribution in [0.25, 0.3) is 0 Å². The first-order valence-electron chi connectivity index (χ1n) is 5.30. The molecule has 0 saturated carbocycles. The summed E-state index contributed by atoms with van der Waals surface area (Å²) in [6, 6.07) is 0. The highest BCUT2D eigenvalue weighted by Gasteiger charge is 2.30. The Kier molecular flexibility index (Phi) is 2.95. The predicted molar refractivity (Wildman–Crippen MR) is 63.1 cm³/mol. The minimum absolute atomic E-state index is 0.118. The van der Waals surface area contributed by atoms with Gasteiger partial charge in [-0.3, -0.25) is 10.1 Å². The smallest absolute Gasteiger partial charge is 0.356 e. The molecule has 0 saturated heterocycles. The Morgan fingerprint density at radius 2 is 2.41 bits per heavy atom. The highest BCUT2D eigenvalue weighted by Crippen LogP contribution is 2.31. The number of aromatic amines is 1. The largest absolute Gasteiger partial charge is 0.476 e. The van der Waals surface area contributed by atoms with Crippen LogP contribution in [0.2, 0.25) is 0 Å². The van der Waals surface area contributed by atoms with Crippen LogP contribution in [0.5, 0.6) is 0 Å². The first-order valence-corrected chi connectivity index (χ1v) is 5.30. The molecule has 90 valence electrons. The molecule has 0 fully saturated rings. The molecule has 4 N–H and O–H groups in total. The number of hydrogen-bond acceptors (Lipinski definition) is 4. The van der Waals surface area contributed by atoms with E-state index in [1.807, 2.05) is 0 Å². The molecule has 1 heterocycles. The van der Waals surface area contributed by atoms with Gasteiger partial charge in [0.15, 0.2) is 5.69 Å². The Hall–Kier alpha value is -2.11. The second kappa shape index (κ2) is 4.40. The van der Waals surface area contributed by atoms with Gasteiger partial charge in [0.05, 0.1) is 0 Å². The van der Waals surface area contributed by atoms with Crippen molar-refractivity contribution in [2.24, 2.45) is 16.6 Å². The summed E-state index contributed by atoms with van der Waals surface area (Å²) in [5.74, 6) is -0.809. The maximum Gasteiger partial charge on any atom is 0.356 e. The number of aromatic nitrogens is 2. The monoisotopic (exact) mass is 234 g/mol. The third-order valence-corrected chi connectivity index (χ3v) is 3.00. The molecule has 6 heteroatoms. The van der Waals surface area contributed by atoms with E-state index in [-0.39, 0.29) is 11.6 Å². The van der Waals surface area contributed by atoms with Gasteiger partial charge in [-0.2, -0.15) is 5.10 Å². The normalized spacial score (nSPS) is 19.8. The van der Waals surface area contributed by atoms with Crippen LogP contribution in [0.15, 0.2) is 16.8 Å². The summed E-state index contributed by atoms with van der Waals surface area (Å²) in [6.07, 6.45) is 4.61. The molecule has 0 aliphatic heterocycles. The van der Waals surface area contributed by atoms with E-state index in [4.69, 9.17) is 10.8 Å². The third-order valence-electron chi connectivity index (χ3n) is 3.00.